The maximum atomic E-state index is 12.5. The normalized spacial score (nSPS) is 21.2. The SMILES string of the molecule is O=C(Cn1cccn1)N1CC(S(=O)(=O)C2CCCCC2)C1. The lowest BCUT2D eigenvalue weighted by atomic mass is 10.0. The molecule has 1 aromatic heterocycles. The first-order valence-corrected chi connectivity index (χ1v) is 9.16. The van der Waals surface area contributed by atoms with Gasteiger partial charge in [-0.2, -0.15) is 5.10 Å². The standard InChI is InChI=1S/C14H21N3O3S/c18-14(11-17-8-4-7-15-17)16-9-13(10-16)21(19,20)12-5-2-1-3-6-12/h4,7-8,12-13H,1-3,5-6,9-11H2. The van der Waals surface area contributed by atoms with Crippen molar-refractivity contribution >= 4 is 15.7 Å². The first-order chi connectivity index (χ1) is 10.1. The molecule has 1 amide bonds. The molecule has 1 saturated heterocycles. The summed E-state index contributed by atoms with van der Waals surface area (Å²) in [6.45, 7) is 0.876. The van der Waals surface area contributed by atoms with Crippen molar-refractivity contribution in [1.82, 2.24) is 14.7 Å². The fraction of sp³-hybridized carbons (Fsp3) is 0.714. The van der Waals surface area contributed by atoms with Crippen molar-refractivity contribution in [3.05, 3.63) is 18.5 Å². The lowest BCUT2D eigenvalue weighted by Crippen LogP contribution is -2.59. The summed E-state index contributed by atoms with van der Waals surface area (Å²) in [4.78, 5) is 13.6. The molecule has 21 heavy (non-hydrogen) atoms. The van der Waals surface area contributed by atoms with E-state index in [0.717, 1.165) is 32.1 Å². The zero-order valence-corrected chi connectivity index (χ0v) is 12.8. The third kappa shape index (κ3) is 2.97. The smallest absolute Gasteiger partial charge is 0.244 e. The first kappa shape index (κ1) is 14.6. The van der Waals surface area contributed by atoms with Crippen LogP contribution in [0.5, 0.6) is 0 Å². The molecular weight excluding hydrogens is 290 g/mol. The topological polar surface area (TPSA) is 72.3 Å². The molecule has 1 aromatic rings. The molecule has 0 aromatic carbocycles. The Morgan fingerprint density at radius 1 is 1.14 bits per heavy atom. The van der Waals surface area contributed by atoms with Crippen LogP contribution in [-0.4, -0.2) is 52.6 Å². The van der Waals surface area contributed by atoms with Crippen molar-refractivity contribution in [2.24, 2.45) is 0 Å². The van der Waals surface area contributed by atoms with Crippen molar-refractivity contribution in [1.29, 1.82) is 0 Å². The highest BCUT2D eigenvalue weighted by molar-refractivity contribution is 7.92. The van der Waals surface area contributed by atoms with E-state index in [4.69, 9.17) is 0 Å². The molecule has 6 nitrogen and oxygen atoms in total. The largest absolute Gasteiger partial charge is 0.338 e. The maximum Gasteiger partial charge on any atom is 0.244 e. The zero-order valence-electron chi connectivity index (χ0n) is 12.0. The van der Waals surface area contributed by atoms with E-state index < -0.39 is 9.84 Å². The molecule has 1 aliphatic heterocycles. The number of carbonyl (C=O) groups is 1. The van der Waals surface area contributed by atoms with Crippen molar-refractivity contribution in [3.63, 3.8) is 0 Å². The Balaban J connectivity index is 1.53. The number of carbonyl (C=O) groups excluding carboxylic acids is 1. The highest BCUT2D eigenvalue weighted by atomic mass is 32.2. The fourth-order valence-electron chi connectivity index (χ4n) is 3.15. The van der Waals surface area contributed by atoms with Gasteiger partial charge in [-0.3, -0.25) is 9.48 Å². The molecule has 0 radical (unpaired) electrons. The molecule has 116 valence electrons. The summed E-state index contributed by atoms with van der Waals surface area (Å²) >= 11 is 0. The van der Waals surface area contributed by atoms with E-state index in [9.17, 15) is 13.2 Å². The molecule has 0 spiro atoms. The van der Waals surface area contributed by atoms with Gasteiger partial charge in [-0.25, -0.2) is 8.42 Å². The summed E-state index contributed by atoms with van der Waals surface area (Å²) in [5.74, 6) is -0.0613. The minimum Gasteiger partial charge on any atom is -0.338 e. The van der Waals surface area contributed by atoms with E-state index in [1.807, 2.05) is 0 Å². The van der Waals surface area contributed by atoms with Crippen LogP contribution in [0.4, 0.5) is 0 Å². The van der Waals surface area contributed by atoms with E-state index in [1.165, 1.54) is 0 Å². The van der Waals surface area contributed by atoms with Gasteiger partial charge in [0.25, 0.3) is 0 Å². The Morgan fingerprint density at radius 2 is 1.86 bits per heavy atom. The average molecular weight is 311 g/mol. The molecule has 0 atom stereocenters. The molecule has 0 unspecified atom stereocenters. The number of rotatable bonds is 4. The molecule has 3 rings (SSSR count). The quantitative estimate of drug-likeness (QED) is 0.826. The summed E-state index contributed by atoms with van der Waals surface area (Å²) in [6, 6.07) is 1.76. The van der Waals surface area contributed by atoms with Crippen LogP contribution in [0.2, 0.25) is 0 Å². The number of nitrogens with zero attached hydrogens (tertiary/aromatic N) is 3. The summed E-state index contributed by atoms with van der Waals surface area (Å²) in [7, 11) is -3.07. The number of amides is 1. The van der Waals surface area contributed by atoms with Crippen LogP contribution in [-0.2, 0) is 21.2 Å². The molecular formula is C14H21N3O3S. The zero-order chi connectivity index (χ0) is 14.9. The summed E-state index contributed by atoms with van der Waals surface area (Å²) in [5, 5.41) is 3.45. The average Bonchev–Trinajstić information content (AvgIpc) is 2.90. The monoisotopic (exact) mass is 311 g/mol. The summed E-state index contributed by atoms with van der Waals surface area (Å²) in [5.41, 5.74) is 0. The number of likely N-dealkylation sites (tertiary alicyclic amines) is 1. The highest BCUT2D eigenvalue weighted by Crippen LogP contribution is 2.29. The van der Waals surface area contributed by atoms with E-state index in [1.54, 1.807) is 28.0 Å². The Morgan fingerprint density at radius 3 is 2.48 bits per heavy atom. The van der Waals surface area contributed by atoms with Gasteiger partial charge in [0, 0.05) is 25.5 Å². The van der Waals surface area contributed by atoms with Crippen molar-refractivity contribution in [2.45, 2.75) is 49.1 Å². The van der Waals surface area contributed by atoms with Gasteiger partial charge in [0.2, 0.25) is 5.91 Å². The molecule has 1 aliphatic carbocycles. The van der Waals surface area contributed by atoms with Crippen molar-refractivity contribution in [3.8, 4) is 0 Å². The van der Waals surface area contributed by atoms with Crippen molar-refractivity contribution < 1.29 is 13.2 Å². The van der Waals surface area contributed by atoms with E-state index in [-0.39, 0.29) is 23.0 Å². The lowest BCUT2D eigenvalue weighted by Gasteiger charge is -2.40. The number of sulfone groups is 1. The Labute approximate surface area is 125 Å². The van der Waals surface area contributed by atoms with Crippen LogP contribution in [0.15, 0.2) is 18.5 Å². The second-order valence-corrected chi connectivity index (χ2v) is 8.48. The van der Waals surface area contributed by atoms with Gasteiger partial charge in [-0.05, 0) is 18.9 Å². The molecule has 0 N–H and O–H groups in total. The predicted octanol–water partition coefficient (Wildman–Crippen LogP) is 0.841. The van der Waals surface area contributed by atoms with Gasteiger partial charge >= 0.3 is 0 Å². The van der Waals surface area contributed by atoms with E-state index in [0.29, 0.717) is 13.1 Å². The molecule has 0 bridgehead atoms. The highest BCUT2D eigenvalue weighted by Gasteiger charge is 2.43. The van der Waals surface area contributed by atoms with Crippen molar-refractivity contribution in [2.75, 3.05) is 13.1 Å². The van der Waals surface area contributed by atoms with Crippen LogP contribution in [0.3, 0.4) is 0 Å². The fourth-order valence-corrected chi connectivity index (χ4v) is 5.46. The van der Waals surface area contributed by atoms with Gasteiger partial charge in [0.05, 0.1) is 10.5 Å². The van der Waals surface area contributed by atoms with E-state index in [2.05, 4.69) is 5.10 Å². The summed E-state index contributed by atoms with van der Waals surface area (Å²) in [6.07, 6.45) is 8.11. The van der Waals surface area contributed by atoms with Crippen LogP contribution in [0, 0.1) is 0 Å². The second kappa shape index (κ2) is 5.79. The molecule has 1 saturated carbocycles. The Bertz CT molecular complexity index is 585. The maximum absolute atomic E-state index is 12.5. The Kier molecular flexibility index (Phi) is 4.01. The second-order valence-electron chi connectivity index (χ2n) is 5.97. The third-order valence-corrected chi connectivity index (χ3v) is 7.17. The van der Waals surface area contributed by atoms with Crippen LogP contribution < -0.4 is 0 Å². The van der Waals surface area contributed by atoms with Gasteiger partial charge in [0.15, 0.2) is 9.84 Å². The number of hydrogen-bond donors (Lipinski definition) is 0. The van der Waals surface area contributed by atoms with Gasteiger partial charge < -0.3 is 4.90 Å². The number of aromatic nitrogens is 2. The molecule has 2 heterocycles. The first-order valence-electron chi connectivity index (χ1n) is 7.55. The molecule has 2 fully saturated rings. The van der Waals surface area contributed by atoms with Gasteiger partial charge in [-0.1, -0.05) is 19.3 Å². The minimum absolute atomic E-state index is 0.0613. The predicted molar refractivity (Wildman–Crippen MR) is 78.4 cm³/mol. The van der Waals surface area contributed by atoms with E-state index >= 15 is 0 Å². The minimum atomic E-state index is -3.07. The van der Waals surface area contributed by atoms with Gasteiger partial charge in [-0.15, -0.1) is 0 Å². The van der Waals surface area contributed by atoms with Crippen LogP contribution >= 0.6 is 0 Å². The lowest BCUT2D eigenvalue weighted by molar-refractivity contribution is -0.135. The molecule has 2 aliphatic rings. The van der Waals surface area contributed by atoms with Crippen LogP contribution in [0.1, 0.15) is 32.1 Å². The molecule has 7 heteroatoms. The Hall–Kier alpha value is -1.37. The van der Waals surface area contributed by atoms with Gasteiger partial charge in [0.1, 0.15) is 6.54 Å². The third-order valence-electron chi connectivity index (χ3n) is 4.54. The number of hydrogen-bond acceptors (Lipinski definition) is 4. The summed E-state index contributed by atoms with van der Waals surface area (Å²) < 4.78 is 26.6. The van der Waals surface area contributed by atoms with Crippen LogP contribution in [0.25, 0.3) is 0 Å².